The van der Waals surface area contributed by atoms with Crippen LogP contribution in [-0.4, -0.2) is 42.1 Å². The summed E-state index contributed by atoms with van der Waals surface area (Å²) >= 11 is 0. The average molecular weight is 353 g/mol. The number of ether oxygens (including phenoxy) is 1. The van der Waals surface area contributed by atoms with Crippen LogP contribution >= 0.6 is 0 Å². The third kappa shape index (κ3) is 4.04. The fourth-order valence-corrected chi connectivity index (χ4v) is 3.48. The number of nitrogens with zero attached hydrogens (tertiary/aromatic N) is 1. The smallest absolute Gasteiger partial charge is 0.335 e. The van der Waals surface area contributed by atoms with Gasteiger partial charge in [0.15, 0.2) is 0 Å². The van der Waals surface area contributed by atoms with Gasteiger partial charge in [-0.1, -0.05) is 30.3 Å². The van der Waals surface area contributed by atoms with Crippen LogP contribution in [0.3, 0.4) is 0 Å². The van der Waals surface area contributed by atoms with E-state index in [4.69, 9.17) is 4.74 Å². The molecule has 26 heavy (non-hydrogen) atoms. The minimum absolute atomic E-state index is 0.0844. The number of amides is 1. The Morgan fingerprint density at radius 1 is 1.15 bits per heavy atom. The van der Waals surface area contributed by atoms with E-state index in [1.165, 1.54) is 5.56 Å². The number of hydrogen-bond acceptors (Lipinski definition) is 3. The zero-order valence-electron chi connectivity index (χ0n) is 14.9. The topological polar surface area (TPSA) is 66.8 Å². The van der Waals surface area contributed by atoms with Gasteiger partial charge in [-0.3, -0.25) is 4.79 Å². The first-order valence-corrected chi connectivity index (χ1v) is 8.81. The molecule has 1 N–H and O–H groups in total. The molecule has 0 radical (unpaired) electrons. The van der Waals surface area contributed by atoms with E-state index in [-0.39, 0.29) is 11.5 Å². The van der Waals surface area contributed by atoms with Gasteiger partial charge in [0.05, 0.1) is 12.7 Å². The Morgan fingerprint density at radius 3 is 2.58 bits per heavy atom. The van der Waals surface area contributed by atoms with Crippen LogP contribution < -0.4 is 4.74 Å². The van der Waals surface area contributed by atoms with Gasteiger partial charge in [-0.2, -0.15) is 0 Å². The number of carbonyl (C=O) groups is 2. The molecular formula is C21H23NO4. The van der Waals surface area contributed by atoms with E-state index in [0.29, 0.717) is 30.9 Å². The summed E-state index contributed by atoms with van der Waals surface area (Å²) in [6.45, 7) is 1.46. The summed E-state index contributed by atoms with van der Waals surface area (Å²) < 4.78 is 5.19. The first-order valence-electron chi connectivity index (χ1n) is 8.81. The number of carboxylic acid groups (broad SMARTS) is 1. The van der Waals surface area contributed by atoms with Crippen molar-refractivity contribution in [2.45, 2.75) is 25.2 Å². The quantitative estimate of drug-likeness (QED) is 0.865. The molecule has 0 spiro atoms. The molecule has 1 aliphatic heterocycles. The highest BCUT2D eigenvalue weighted by atomic mass is 16.5. The largest absolute Gasteiger partial charge is 0.497 e. The van der Waals surface area contributed by atoms with Crippen molar-refractivity contribution in [1.82, 2.24) is 4.90 Å². The molecule has 2 aromatic carbocycles. The Balaban J connectivity index is 1.57. The van der Waals surface area contributed by atoms with Crippen LogP contribution in [0, 0.1) is 0 Å². The molecule has 5 nitrogen and oxygen atoms in total. The van der Waals surface area contributed by atoms with Crippen molar-refractivity contribution < 1.29 is 19.4 Å². The van der Waals surface area contributed by atoms with Gasteiger partial charge in [0.2, 0.25) is 5.91 Å². The summed E-state index contributed by atoms with van der Waals surface area (Å²) in [5, 5.41) is 9.24. The molecule has 0 bridgehead atoms. The highest BCUT2D eigenvalue weighted by Crippen LogP contribution is 2.29. The van der Waals surface area contributed by atoms with Crippen molar-refractivity contribution in [3.8, 4) is 5.75 Å². The molecular weight excluding hydrogens is 330 g/mol. The van der Waals surface area contributed by atoms with Crippen molar-refractivity contribution in [3.63, 3.8) is 0 Å². The molecule has 0 aliphatic carbocycles. The Morgan fingerprint density at radius 2 is 1.88 bits per heavy atom. The summed E-state index contributed by atoms with van der Waals surface area (Å²) in [6, 6.07) is 14.9. The molecule has 1 atom stereocenters. The maximum absolute atomic E-state index is 12.5. The SMILES string of the molecule is COc1ccc(C2CCN(C(=O)CCc3ccccc3C(=O)O)C2)cc1. The number of methoxy groups -OCH3 is 1. The van der Waals surface area contributed by atoms with Crippen molar-refractivity contribution in [2.24, 2.45) is 0 Å². The summed E-state index contributed by atoms with van der Waals surface area (Å²) in [4.78, 5) is 25.7. The Bertz CT molecular complexity index is 785. The molecule has 0 saturated carbocycles. The number of hydrogen-bond donors (Lipinski definition) is 1. The Labute approximate surface area is 153 Å². The fourth-order valence-electron chi connectivity index (χ4n) is 3.48. The molecule has 1 unspecified atom stereocenters. The molecule has 136 valence electrons. The van der Waals surface area contributed by atoms with Crippen molar-refractivity contribution in [1.29, 1.82) is 0 Å². The van der Waals surface area contributed by atoms with Crippen molar-refractivity contribution >= 4 is 11.9 Å². The van der Waals surface area contributed by atoms with Gasteiger partial charge in [-0.05, 0) is 42.2 Å². The fraction of sp³-hybridized carbons (Fsp3) is 0.333. The summed E-state index contributed by atoms with van der Waals surface area (Å²) in [5.74, 6) is 0.308. The van der Waals surface area contributed by atoms with Crippen LogP contribution in [0.15, 0.2) is 48.5 Å². The predicted octanol–water partition coefficient (Wildman–Crippen LogP) is 3.34. The Hall–Kier alpha value is -2.82. The van der Waals surface area contributed by atoms with E-state index in [1.54, 1.807) is 25.3 Å². The van der Waals surface area contributed by atoms with Gasteiger partial charge in [0, 0.05) is 25.4 Å². The van der Waals surface area contributed by atoms with Gasteiger partial charge in [0.25, 0.3) is 0 Å². The van der Waals surface area contributed by atoms with Crippen LogP contribution in [0.1, 0.15) is 40.2 Å². The van der Waals surface area contributed by atoms with Gasteiger partial charge < -0.3 is 14.7 Å². The second-order valence-corrected chi connectivity index (χ2v) is 6.56. The number of rotatable bonds is 6. The Kier molecular flexibility index (Phi) is 5.56. The number of likely N-dealkylation sites (tertiary alicyclic amines) is 1. The van der Waals surface area contributed by atoms with E-state index in [1.807, 2.05) is 23.1 Å². The van der Waals surface area contributed by atoms with E-state index < -0.39 is 5.97 Å². The molecule has 2 aromatic rings. The third-order valence-electron chi connectivity index (χ3n) is 4.98. The summed E-state index contributed by atoms with van der Waals surface area (Å²) in [7, 11) is 1.65. The summed E-state index contributed by atoms with van der Waals surface area (Å²) in [5.41, 5.74) is 2.20. The standard InChI is InChI=1S/C21H23NO4/c1-26-18-9-6-15(7-10-18)17-12-13-22(14-17)20(23)11-8-16-4-2-3-5-19(16)21(24)25/h2-7,9-10,17H,8,11-14H2,1H3,(H,24,25). The van der Waals surface area contributed by atoms with Gasteiger partial charge in [0.1, 0.15) is 5.75 Å². The van der Waals surface area contributed by atoms with Crippen molar-refractivity contribution in [3.05, 3.63) is 65.2 Å². The predicted molar refractivity (Wildman–Crippen MR) is 98.7 cm³/mol. The van der Waals surface area contributed by atoms with E-state index in [0.717, 1.165) is 18.7 Å². The molecule has 1 fully saturated rings. The lowest BCUT2D eigenvalue weighted by atomic mass is 9.98. The first-order chi connectivity index (χ1) is 12.6. The molecule has 1 amide bonds. The lowest BCUT2D eigenvalue weighted by Gasteiger charge is -2.17. The van der Waals surface area contributed by atoms with Gasteiger partial charge >= 0.3 is 5.97 Å². The maximum Gasteiger partial charge on any atom is 0.335 e. The lowest BCUT2D eigenvalue weighted by molar-refractivity contribution is -0.130. The maximum atomic E-state index is 12.5. The highest BCUT2D eigenvalue weighted by molar-refractivity contribution is 5.89. The highest BCUT2D eigenvalue weighted by Gasteiger charge is 2.27. The molecule has 3 rings (SSSR count). The monoisotopic (exact) mass is 353 g/mol. The van der Waals surface area contributed by atoms with Gasteiger partial charge in [-0.15, -0.1) is 0 Å². The van der Waals surface area contributed by atoms with E-state index >= 15 is 0 Å². The lowest BCUT2D eigenvalue weighted by Crippen LogP contribution is -2.28. The average Bonchev–Trinajstić information content (AvgIpc) is 3.16. The number of aromatic carboxylic acids is 1. The number of aryl methyl sites for hydroxylation is 1. The molecule has 1 heterocycles. The van der Waals surface area contributed by atoms with Crippen LogP contribution in [-0.2, 0) is 11.2 Å². The van der Waals surface area contributed by atoms with Crippen molar-refractivity contribution in [2.75, 3.05) is 20.2 Å². The first kappa shape index (κ1) is 18.0. The van der Waals surface area contributed by atoms with E-state index in [2.05, 4.69) is 12.1 Å². The minimum atomic E-state index is -0.950. The number of carbonyl (C=O) groups excluding carboxylic acids is 1. The zero-order valence-corrected chi connectivity index (χ0v) is 14.9. The normalized spacial score (nSPS) is 16.5. The summed E-state index contributed by atoms with van der Waals surface area (Å²) in [6.07, 6.45) is 1.73. The third-order valence-corrected chi connectivity index (χ3v) is 4.98. The van der Waals surface area contributed by atoms with Gasteiger partial charge in [-0.25, -0.2) is 4.79 Å². The minimum Gasteiger partial charge on any atom is -0.497 e. The second-order valence-electron chi connectivity index (χ2n) is 6.56. The van der Waals surface area contributed by atoms with Crippen LogP contribution in [0.4, 0.5) is 0 Å². The molecule has 5 heteroatoms. The van der Waals surface area contributed by atoms with Crippen LogP contribution in [0.2, 0.25) is 0 Å². The van der Waals surface area contributed by atoms with E-state index in [9.17, 15) is 14.7 Å². The molecule has 0 aromatic heterocycles. The van der Waals surface area contributed by atoms with Crippen LogP contribution in [0.25, 0.3) is 0 Å². The molecule has 1 saturated heterocycles. The number of carboxylic acids is 1. The second kappa shape index (κ2) is 8.04. The number of benzene rings is 2. The molecule has 1 aliphatic rings. The van der Waals surface area contributed by atoms with Crippen LogP contribution in [0.5, 0.6) is 5.75 Å². The zero-order chi connectivity index (χ0) is 18.5.